The summed E-state index contributed by atoms with van der Waals surface area (Å²) in [6.07, 6.45) is 3.74. The van der Waals surface area contributed by atoms with E-state index in [4.69, 9.17) is 4.42 Å². The van der Waals surface area contributed by atoms with E-state index in [0.29, 0.717) is 0 Å². The van der Waals surface area contributed by atoms with Gasteiger partial charge in [0.1, 0.15) is 17.3 Å². The lowest BCUT2D eigenvalue weighted by atomic mass is 10.4. The van der Waals surface area contributed by atoms with Crippen molar-refractivity contribution in [2.24, 2.45) is 7.05 Å². The highest BCUT2D eigenvalue weighted by Crippen LogP contribution is 2.05. The normalized spacial score (nSPS) is 10.8. The molecule has 0 spiro atoms. The van der Waals surface area contributed by atoms with Crippen LogP contribution in [0.3, 0.4) is 0 Å². The standard InChI is InChI=1S/C11H15N3O/c1-9-3-4-10(15-9)7-12-8-11-13-5-6-14(11)2/h3-6,12H,7-8H2,1-2H3. The third-order valence-corrected chi connectivity index (χ3v) is 2.30. The summed E-state index contributed by atoms with van der Waals surface area (Å²) in [5, 5.41) is 3.28. The molecule has 15 heavy (non-hydrogen) atoms. The third kappa shape index (κ3) is 2.47. The Bertz CT molecular complexity index is 430. The van der Waals surface area contributed by atoms with E-state index in [9.17, 15) is 0 Å². The van der Waals surface area contributed by atoms with E-state index in [1.165, 1.54) is 0 Å². The summed E-state index contributed by atoms with van der Waals surface area (Å²) >= 11 is 0. The molecule has 4 nitrogen and oxygen atoms in total. The molecule has 80 valence electrons. The molecule has 0 aliphatic rings. The van der Waals surface area contributed by atoms with Crippen molar-refractivity contribution in [2.45, 2.75) is 20.0 Å². The zero-order valence-corrected chi connectivity index (χ0v) is 9.03. The predicted octanol–water partition coefficient (Wildman–Crippen LogP) is 1.61. The summed E-state index contributed by atoms with van der Waals surface area (Å²) in [6, 6.07) is 3.96. The van der Waals surface area contributed by atoms with Gasteiger partial charge in [-0.3, -0.25) is 0 Å². The van der Waals surface area contributed by atoms with Crippen LogP contribution >= 0.6 is 0 Å². The van der Waals surface area contributed by atoms with Crippen molar-refractivity contribution in [2.75, 3.05) is 0 Å². The first kappa shape index (κ1) is 9.98. The first-order valence-electron chi connectivity index (χ1n) is 4.98. The van der Waals surface area contributed by atoms with Crippen molar-refractivity contribution in [3.05, 3.63) is 41.9 Å². The van der Waals surface area contributed by atoms with E-state index in [1.807, 2.05) is 36.9 Å². The summed E-state index contributed by atoms with van der Waals surface area (Å²) in [4.78, 5) is 4.22. The second-order valence-electron chi connectivity index (χ2n) is 3.57. The monoisotopic (exact) mass is 205 g/mol. The molecular formula is C11H15N3O. The molecule has 2 heterocycles. The number of rotatable bonds is 4. The van der Waals surface area contributed by atoms with Crippen LogP contribution in [0.2, 0.25) is 0 Å². The van der Waals surface area contributed by atoms with Gasteiger partial charge in [-0.25, -0.2) is 4.98 Å². The van der Waals surface area contributed by atoms with Gasteiger partial charge in [-0.05, 0) is 19.1 Å². The van der Waals surface area contributed by atoms with Crippen LogP contribution in [-0.4, -0.2) is 9.55 Å². The van der Waals surface area contributed by atoms with Gasteiger partial charge in [0.2, 0.25) is 0 Å². The minimum atomic E-state index is 0.737. The van der Waals surface area contributed by atoms with E-state index in [1.54, 1.807) is 6.20 Å². The van der Waals surface area contributed by atoms with Gasteiger partial charge >= 0.3 is 0 Å². The minimum Gasteiger partial charge on any atom is -0.465 e. The molecule has 0 fully saturated rings. The lowest BCUT2D eigenvalue weighted by Gasteiger charge is -2.02. The topological polar surface area (TPSA) is 43.0 Å². The second-order valence-corrected chi connectivity index (χ2v) is 3.57. The number of aromatic nitrogens is 2. The maximum Gasteiger partial charge on any atom is 0.122 e. The van der Waals surface area contributed by atoms with Gasteiger partial charge in [-0.15, -0.1) is 0 Å². The molecule has 0 saturated carbocycles. The Morgan fingerprint density at radius 3 is 2.87 bits per heavy atom. The van der Waals surface area contributed by atoms with Crippen LogP contribution in [0.4, 0.5) is 0 Å². The van der Waals surface area contributed by atoms with Crippen LogP contribution in [0.5, 0.6) is 0 Å². The Labute approximate surface area is 88.9 Å². The number of aryl methyl sites for hydroxylation is 2. The molecule has 2 aromatic rings. The number of nitrogens with one attached hydrogen (secondary N) is 1. The van der Waals surface area contributed by atoms with Crippen LogP contribution in [0.15, 0.2) is 28.9 Å². The van der Waals surface area contributed by atoms with Crippen molar-refractivity contribution < 1.29 is 4.42 Å². The van der Waals surface area contributed by atoms with Crippen molar-refractivity contribution in [1.82, 2.24) is 14.9 Å². The van der Waals surface area contributed by atoms with Crippen LogP contribution in [0.25, 0.3) is 0 Å². The lowest BCUT2D eigenvalue weighted by molar-refractivity contribution is 0.458. The van der Waals surface area contributed by atoms with Gasteiger partial charge in [-0.1, -0.05) is 0 Å². The summed E-state index contributed by atoms with van der Waals surface area (Å²) in [7, 11) is 1.99. The van der Waals surface area contributed by atoms with Crippen LogP contribution in [0, 0.1) is 6.92 Å². The highest BCUT2D eigenvalue weighted by molar-refractivity contribution is 5.05. The maximum absolute atomic E-state index is 5.44. The molecule has 0 aliphatic carbocycles. The van der Waals surface area contributed by atoms with Crippen LogP contribution in [0.1, 0.15) is 17.3 Å². The Kier molecular flexibility index (Phi) is 2.87. The Morgan fingerprint density at radius 2 is 2.27 bits per heavy atom. The number of imidazole rings is 1. The molecule has 2 aromatic heterocycles. The zero-order chi connectivity index (χ0) is 10.7. The molecule has 0 bridgehead atoms. The molecule has 0 aliphatic heterocycles. The smallest absolute Gasteiger partial charge is 0.122 e. The number of furan rings is 1. The van der Waals surface area contributed by atoms with Crippen LogP contribution in [-0.2, 0) is 20.1 Å². The summed E-state index contributed by atoms with van der Waals surface area (Å²) < 4.78 is 7.44. The fraction of sp³-hybridized carbons (Fsp3) is 0.364. The first-order chi connectivity index (χ1) is 7.25. The fourth-order valence-corrected chi connectivity index (χ4v) is 1.44. The van der Waals surface area contributed by atoms with Gasteiger partial charge in [0.25, 0.3) is 0 Å². The van der Waals surface area contributed by atoms with Crippen molar-refractivity contribution in [1.29, 1.82) is 0 Å². The maximum atomic E-state index is 5.44. The fourth-order valence-electron chi connectivity index (χ4n) is 1.44. The van der Waals surface area contributed by atoms with E-state index in [2.05, 4.69) is 10.3 Å². The summed E-state index contributed by atoms with van der Waals surface area (Å²) in [6.45, 7) is 3.44. The number of hydrogen-bond acceptors (Lipinski definition) is 3. The predicted molar refractivity (Wildman–Crippen MR) is 57.2 cm³/mol. The molecular weight excluding hydrogens is 190 g/mol. The molecule has 4 heteroatoms. The quantitative estimate of drug-likeness (QED) is 0.824. The summed E-state index contributed by atoms with van der Waals surface area (Å²) in [5.74, 6) is 2.93. The first-order valence-corrected chi connectivity index (χ1v) is 4.98. The average molecular weight is 205 g/mol. The number of hydrogen-bond donors (Lipinski definition) is 1. The molecule has 1 N–H and O–H groups in total. The Balaban J connectivity index is 1.83. The van der Waals surface area contributed by atoms with E-state index >= 15 is 0 Å². The second kappa shape index (κ2) is 4.31. The van der Waals surface area contributed by atoms with Gasteiger partial charge in [0.05, 0.1) is 13.1 Å². The van der Waals surface area contributed by atoms with E-state index in [0.717, 1.165) is 30.4 Å². The largest absolute Gasteiger partial charge is 0.465 e. The Morgan fingerprint density at radius 1 is 1.40 bits per heavy atom. The van der Waals surface area contributed by atoms with Gasteiger partial charge in [0, 0.05) is 19.4 Å². The summed E-state index contributed by atoms with van der Waals surface area (Å²) in [5.41, 5.74) is 0. The number of nitrogens with zero attached hydrogens (tertiary/aromatic N) is 2. The Hall–Kier alpha value is -1.55. The van der Waals surface area contributed by atoms with Crippen LogP contribution < -0.4 is 5.32 Å². The average Bonchev–Trinajstić information content (AvgIpc) is 2.77. The van der Waals surface area contributed by atoms with Gasteiger partial charge in [0.15, 0.2) is 0 Å². The van der Waals surface area contributed by atoms with Crippen molar-refractivity contribution in [3.63, 3.8) is 0 Å². The molecule has 0 aromatic carbocycles. The minimum absolute atomic E-state index is 0.737. The molecule has 0 amide bonds. The molecule has 2 rings (SSSR count). The molecule has 0 saturated heterocycles. The van der Waals surface area contributed by atoms with Crippen molar-refractivity contribution in [3.8, 4) is 0 Å². The van der Waals surface area contributed by atoms with Crippen molar-refractivity contribution >= 4 is 0 Å². The zero-order valence-electron chi connectivity index (χ0n) is 9.03. The van der Waals surface area contributed by atoms with E-state index in [-0.39, 0.29) is 0 Å². The molecule has 0 radical (unpaired) electrons. The highest BCUT2D eigenvalue weighted by Gasteiger charge is 2.00. The SMILES string of the molecule is Cc1ccc(CNCc2nccn2C)o1. The van der Waals surface area contributed by atoms with E-state index < -0.39 is 0 Å². The highest BCUT2D eigenvalue weighted by atomic mass is 16.3. The van der Waals surface area contributed by atoms with Gasteiger partial charge < -0.3 is 14.3 Å². The third-order valence-electron chi connectivity index (χ3n) is 2.30. The molecule has 0 atom stereocenters. The lowest BCUT2D eigenvalue weighted by Crippen LogP contribution is -2.15. The van der Waals surface area contributed by atoms with Gasteiger partial charge in [-0.2, -0.15) is 0 Å². The molecule has 0 unspecified atom stereocenters.